The van der Waals surface area contributed by atoms with E-state index in [1.54, 1.807) is 6.92 Å². The fourth-order valence-electron chi connectivity index (χ4n) is 1.09. The van der Waals surface area contributed by atoms with Gasteiger partial charge in [-0.15, -0.1) is 0 Å². The lowest BCUT2D eigenvalue weighted by molar-refractivity contribution is 0.191. The summed E-state index contributed by atoms with van der Waals surface area (Å²) >= 11 is 3.35. The van der Waals surface area contributed by atoms with Crippen LogP contribution >= 0.6 is 15.9 Å². The van der Waals surface area contributed by atoms with Crippen molar-refractivity contribution < 1.29 is 9.90 Å². The van der Waals surface area contributed by atoms with Crippen LogP contribution in [-0.2, 0) is 0 Å². The number of carbonyl (C=O) groups is 1. The van der Waals surface area contributed by atoms with Crippen molar-refractivity contribution in [1.29, 1.82) is 0 Å². The van der Waals surface area contributed by atoms with Gasteiger partial charge in [0, 0.05) is 4.47 Å². The number of hydrogen-bond acceptors (Lipinski definition) is 1. The molecular weight excluding hydrogens is 234 g/mol. The molecule has 3 nitrogen and oxygen atoms in total. The van der Waals surface area contributed by atoms with E-state index in [0.29, 0.717) is 0 Å². The van der Waals surface area contributed by atoms with Gasteiger partial charge in [0.15, 0.2) is 0 Å². The summed E-state index contributed by atoms with van der Waals surface area (Å²) in [6.07, 6.45) is -1.01. The summed E-state index contributed by atoms with van der Waals surface area (Å²) < 4.78 is 0.913. The maximum Gasteiger partial charge on any atom is 0.405 e. The molecule has 4 heteroatoms. The van der Waals surface area contributed by atoms with E-state index in [2.05, 4.69) is 21.2 Å². The van der Waals surface area contributed by atoms with E-state index in [0.717, 1.165) is 10.0 Å². The summed E-state index contributed by atoms with van der Waals surface area (Å²) in [7, 11) is 0. The average molecular weight is 244 g/mol. The highest BCUT2D eigenvalue weighted by atomic mass is 79.9. The third-order valence-electron chi connectivity index (χ3n) is 1.71. The average Bonchev–Trinajstić information content (AvgIpc) is 2.03. The minimum Gasteiger partial charge on any atom is -0.465 e. The van der Waals surface area contributed by atoms with Gasteiger partial charge < -0.3 is 10.4 Å². The molecule has 0 aliphatic carbocycles. The van der Waals surface area contributed by atoms with Gasteiger partial charge in [0.25, 0.3) is 0 Å². The van der Waals surface area contributed by atoms with Crippen LogP contribution in [0.25, 0.3) is 0 Å². The molecule has 1 atom stereocenters. The van der Waals surface area contributed by atoms with Gasteiger partial charge in [-0.1, -0.05) is 34.1 Å². The van der Waals surface area contributed by atoms with E-state index in [1.165, 1.54) is 0 Å². The van der Waals surface area contributed by atoms with Gasteiger partial charge in [0.1, 0.15) is 0 Å². The predicted molar refractivity (Wildman–Crippen MR) is 53.7 cm³/mol. The Morgan fingerprint density at radius 1 is 1.54 bits per heavy atom. The Hall–Kier alpha value is -1.03. The highest BCUT2D eigenvalue weighted by molar-refractivity contribution is 9.10. The number of carboxylic acid groups (broad SMARTS) is 1. The van der Waals surface area contributed by atoms with Crippen LogP contribution in [0.2, 0.25) is 0 Å². The Labute approximate surface area is 84.9 Å². The fourth-order valence-corrected chi connectivity index (χ4v) is 1.72. The summed E-state index contributed by atoms with van der Waals surface area (Å²) in [5.74, 6) is 0. The zero-order chi connectivity index (χ0) is 9.84. The molecule has 0 fully saturated rings. The molecule has 0 aliphatic heterocycles. The number of nitrogens with one attached hydrogen (secondary N) is 1. The highest BCUT2D eigenvalue weighted by Gasteiger charge is 2.09. The van der Waals surface area contributed by atoms with Gasteiger partial charge in [0.05, 0.1) is 6.04 Å². The minimum absolute atomic E-state index is 0.201. The summed E-state index contributed by atoms with van der Waals surface area (Å²) in [6.45, 7) is 1.80. The molecule has 0 saturated carbocycles. The third-order valence-corrected chi connectivity index (χ3v) is 2.43. The lowest BCUT2D eigenvalue weighted by atomic mass is 10.1. The van der Waals surface area contributed by atoms with E-state index in [-0.39, 0.29) is 6.04 Å². The first-order valence-electron chi connectivity index (χ1n) is 3.85. The zero-order valence-electron chi connectivity index (χ0n) is 7.12. The van der Waals surface area contributed by atoms with Crippen LogP contribution in [0, 0.1) is 0 Å². The molecule has 13 heavy (non-hydrogen) atoms. The number of benzene rings is 1. The van der Waals surface area contributed by atoms with Crippen LogP contribution in [0.1, 0.15) is 18.5 Å². The van der Waals surface area contributed by atoms with E-state index in [9.17, 15) is 4.79 Å². The van der Waals surface area contributed by atoms with Crippen LogP contribution in [0.15, 0.2) is 28.7 Å². The quantitative estimate of drug-likeness (QED) is 0.840. The van der Waals surface area contributed by atoms with E-state index in [4.69, 9.17) is 5.11 Å². The smallest absolute Gasteiger partial charge is 0.405 e. The maximum absolute atomic E-state index is 10.4. The fraction of sp³-hybridized carbons (Fsp3) is 0.222. The molecule has 0 bridgehead atoms. The Bertz CT molecular complexity index is 314. The third kappa shape index (κ3) is 2.73. The lowest BCUT2D eigenvalue weighted by Crippen LogP contribution is -2.24. The van der Waals surface area contributed by atoms with Crippen molar-refractivity contribution in [2.45, 2.75) is 13.0 Å². The first-order chi connectivity index (χ1) is 6.11. The van der Waals surface area contributed by atoms with Crippen molar-refractivity contribution >= 4 is 22.0 Å². The van der Waals surface area contributed by atoms with Crippen molar-refractivity contribution in [3.05, 3.63) is 34.3 Å². The first kappa shape index (κ1) is 10.1. The largest absolute Gasteiger partial charge is 0.465 e. The number of rotatable bonds is 2. The van der Waals surface area contributed by atoms with Gasteiger partial charge in [-0.25, -0.2) is 4.79 Å². The van der Waals surface area contributed by atoms with Crippen molar-refractivity contribution in [3.8, 4) is 0 Å². The molecule has 1 aromatic rings. The minimum atomic E-state index is -1.01. The molecule has 2 N–H and O–H groups in total. The van der Waals surface area contributed by atoms with E-state index >= 15 is 0 Å². The van der Waals surface area contributed by atoms with Gasteiger partial charge in [0.2, 0.25) is 0 Å². The molecule has 0 aromatic heterocycles. The van der Waals surface area contributed by atoms with Crippen molar-refractivity contribution in [3.63, 3.8) is 0 Å². The topological polar surface area (TPSA) is 49.3 Å². The molecule has 0 aliphatic rings. The highest BCUT2D eigenvalue weighted by Crippen LogP contribution is 2.22. The standard InChI is InChI=1S/C9H10BrNO2/c1-6(11-9(12)13)7-4-2-3-5-8(7)10/h2-6,11H,1H3,(H,12,13). The normalized spacial score (nSPS) is 12.2. The first-order valence-corrected chi connectivity index (χ1v) is 4.64. The molecule has 1 aromatic carbocycles. The molecule has 1 amide bonds. The second-order valence-corrected chi connectivity index (χ2v) is 3.55. The maximum atomic E-state index is 10.4. The van der Waals surface area contributed by atoms with Crippen molar-refractivity contribution in [2.24, 2.45) is 0 Å². The molecule has 1 unspecified atom stereocenters. The monoisotopic (exact) mass is 243 g/mol. The molecule has 70 valence electrons. The SMILES string of the molecule is CC(NC(=O)O)c1ccccc1Br. The van der Waals surface area contributed by atoms with Gasteiger partial charge in [-0.2, -0.15) is 0 Å². The van der Waals surface area contributed by atoms with Gasteiger partial charge >= 0.3 is 6.09 Å². The summed E-state index contributed by atoms with van der Waals surface area (Å²) in [5.41, 5.74) is 0.935. The van der Waals surface area contributed by atoms with Crippen LogP contribution in [0.4, 0.5) is 4.79 Å². The Balaban J connectivity index is 2.82. The second-order valence-electron chi connectivity index (χ2n) is 2.69. The van der Waals surface area contributed by atoms with Crippen LogP contribution < -0.4 is 5.32 Å². The predicted octanol–water partition coefficient (Wildman–Crippen LogP) is 2.78. The van der Waals surface area contributed by atoms with Gasteiger partial charge in [-0.3, -0.25) is 0 Å². The second kappa shape index (κ2) is 4.28. The number of amides is 1. The van der Waals surface area contributed by atoms with Crippen LogP contribution in [0.3, 0.4) is 0 Å². The molecular formula is C9H10BrNO2. The molecule has 1 rings (SSSR count). The van der Waals surface area contributed by atoms with Crippen LogP contribution in [0.5, 0.6) is 0 Å². The molecule has 0 saturated heterocycles. The Morgan fingerprint density at radius 2 is 2.15 bits per heavy atom. The van der Waals surface area contributed by atoms with E-state index < -0.39 is 6.09 Å². The molecule has 0 spiro atoms. The summed E-state index contributed by atoms with van der Waals surface area (Å²) in [4.78, 5) is 10.4. The van der Waals surface area contributed by atoms with E-state index in [1.807, 2.05) is 24.3 Å². The molecule has 0 radical (unpaired) electrons. The summed E-state index contributed by atoms with van der Waals surface area (Å²) in [5, 5.41) is 10.9. The van der Waals surface area contributed by atoms with Crippen LogP contribution in [-0.4, -0.2) is 11.2 Å². The molecule has 0 heterocycles. The Kier molecular flexibility index (Phi) is 3.31. The zero-order valence-corrected chi connectivity index (χ0v) is 8.71. The van der Waals surface area contributed by atoms with Crippen molar-refractivity contribution in [2.75, 3.05) is 0 Å². The number of hydrogen-bond donors (Lipinski definition) is 2. The summed E-state index contributed by atoms with van der Waals surface area (Å²) in [6, 6.07) is 7.33. The lowest BCUT2D eigenvalue weighted by Gasteiger charge is -2.12. The van der Waals surface area contributed by atoms with Crippen molar-refractivity contribution in [1.82, 2.24) is 5.32 Å². The number of halogens is 1. The van der Waals surface area contributed by atoms with Gasteiger partial charge in [-0.05, 0) is 18.6 Å². The Morgan fingerprint density at radius 3 is 2.69 bits per heavy atom.